The minimum absolute atomic E-state index is 0.186. The Hall–Kier alpha value is -3.13. The summed E-state index contributed by atoms with van der Waals surface area (Å²) in [5.41, 5.74) is 12.8. The first-order valence-corrected chi connectivity index (χ1v) is 13.1. The fraction of sp³-hybridized carbons (Fsp3) is 0.455. The highest BCUT2D eigenvalue weighted by Gasteiger charge is 2.45. The van der Waals surface area contributed by atoms with Gasteiger partial charge >= 0.3 is 13.7 Å². The number of anilines is 1. The van der Waals surface area contributed by atoms with Crippen molar-refractivity contribution in [3.8, 4) is 5.75 Å². The molecule has 0 aliphatic carbocycles. The molecule has 0 spiro atoms. The summed E-state index contributed by atoms with van der Waals surface area (Å²) in [6.07, 6.45) is -0.720. The molecule has 1 saturated heterocycles. The Balaban J connectivity index is 1.50. The number of nitrogen functional groups attached to an aromatic ring is 1. The molecule has 14 nitrogen and oxygen atoms in total. The van der Waals surface area contributed by atoms with Gasteiger partial charge in [0.2, 0.25) is 0 Å². The van der Waals surface area contributed by atoms with Gasteiger partial charge in [-0.25, -0.2) is 19.5 Å². The van der Waals surface area contributed by atoms with Crippen LogP contribution in [0.5, 0.6) is 5.75 Å². The summed E-state index contributed by atoms with van der Waals surface area (Å²) in [7, 11) is -4.16. The molecule has 2 aromatic heterocycles. The highest BCUT2D eigenvalue weighted by atomic mass is 31.2. The summed E-state index contributed by atoms with van der Waals surface area (Å²) >= 11 is 0. The Morgan fingerprint density at radius 2 is 1.97 bits per heavy atom. The van der Waals surface area contributed by atoms with E-state index in [4.69, 9.17) is 30.0 Å². The number of hydrogen-bond donors (Lipinski definition) is 4. The number of esters is 1. The lowest BCUT2D eigenvalue weighted by molar-refractivity contribution is -0.149. The van der Waals surface area contributed by atoms with Gasteiger partial charge in [-0.15, -0.1) is 0 Å². The average molecular weight is 535 g/mol. The lowest BCUT2D eigenvalue weighted by Crippen LogP contribution is -2.40. The maximum atomic E-state index is 13.7. The van der Waals surface area contributed by atoms with E-state index in [-0.39, 0.29) is 24.3 Å². The normalized spacial score (nSPS) is 24.2. The Kier molecular flexibility index (Phi) is 8.07. The van der Waals surface area contributed by atoms with E-state index in [0.29, 0.717) is 11.2 Å². The van der Waals surface area contributed by atoms with Crippen LogP contribution in [0.3, 0.4) is 0 Å². The molecule has 0 amide bonds. The number of benzene rings is 1. The van der Waals surface area contributed by atoms with Crippen LogP contribution in [-0.2, 0) is 23.4 Å². The molecule has 3 heterocycles. The van der Waals surface area contributed by atoms with Crippen LogP contribution < -0.4 is 21.1 Å². The molecule has 37 heavy (non-hydrogen) atoms. The number of para-hydroxylation sites is 1. The van der Waals surface area contributed by atoms with Crippen molar-refractivity contribution in [3.05, 3.63) is 43.0 Å². The highest BCUT2D eigenvalue weighted by molar-refractivity contribution is 7.52. The standard InChI is InChI=1S/C22H30N7O7P/c1-12(2)34-22(31)13(3)28-37(32,36-14-7-5-4-6-8-14)33-9-15-18(30)16(23)21(35-15)29-11-27-17-19(24)25-10-26-20(17)29/h4-8,10-13,15-16,18,21,30H,9,23H2,1-3H3,(H,28,32)(H2,24,25,26). The van der Waals surface area contributed by atoms with Crippen LogP contribution in [0.4, 0.5) is 5.82 Å². The third-order valence-electron chi connectivity index (χ3n) is 5.51. The van der Waals surface area contributed by atoms with Gasteiger partial charge in [0.25, 0.3) is 0 Å². The molecule has 4 rings (SSSR count). The van der Waals surface area contributed by atoms with Crippen molar-refractivity contribution in [1.82, 2.24) is 24.6 Å². The second-order valence-electron chi connectivity index (χ2n) is 8.75. The summed E-state index contributed by atoms with van der Waals surface area (Å²) in [6, 6.07) is 6.38. The van der Waals surface area contributed by atoms with E-state index in [9.17, 15) is 14.5 Å². The number of fused-ring (bicyclic) bond motifs is 1. The first-order valence-electron chi connectivity index (χ1n) is 11.6. The fourth-order valence-electron chi connectivity index (χ4n) is 3.72. The number of carbonyl (C=O) groups excluding carboxylic acids is 1. The quantitative estimate of drug-likeness (QED) is 0.213. The van der Waals surface area contributed by atoms with Crippen molar-refractivity contribution in [3.63, 3.8) is 0 Å². The summed E-state index contributed by atoms with van der Waals surface area (Å²) in [5.74, 6) is -0.207. The fourth-order valence-corrected chi connectivity index (χ4v) is 5.22. The van der Waals surface area contributed by atoms with Crippen molar-refractivity contribution in [2.45, 2.75) is 57.4 Å². The molecule has 200 valence electrons. The zero-order valence-electron chi connectivity index (χ0n) is 20.5. The zero-order valence-corrected chi connectivity index (χ0v) is 21.4. The third kappa shape index (κ3) is 6.06. The largest absolute Gasteiger partial charge is 0.462 e. The molecule has 0 radical (unpaired) electrons. The predicted molar refractivity (Wildman–Crippen MR) is 132 cm³/mol. The van der Waals surface area contributed by atoms with Crippen LogP contribution in [-0.4, -0.2) is 67.6 Å². The van der Waals surface area contributed by atoms with E-state index < -0.39 is 44.2 Å². The molecule has 0 bridgehead atoms. The minimum Gasteiger partial charge on any atom is -0.462 e. The van der Waals surface area contributed by atoms with E-state index in [2.05, 4.69) is 20.0 Å². The number of hydrogen-bond acceptors (Lipinski definition) is 12. The van der Waals surface area contributed by atoms with E-state index >= 15 is 0 Å². The molecule has 1 aromatic carbocycles. The Bertz CT molecular complexity index is 1270. The molecule has 6 unspecified atom stereocenters. The number of aromatic nitrogens is 4. The summed E-state index contributed by atoms with van der Waals surface area (Å²) in [6.45, 7) is 4.49. The molecule has 1 aliphatic heterocycles. The first kappa shape index (κ1) is 26.9. The number of imidazole rings is 1. The van der Waals surface area contributed by atoms with Crippen molar-refractivity contribution >= 4 is 30.7 Å². The highest BCUT2D eigenvalue weighted by Crippen LogP contribution is 2.46. The summed E-state index contributed by atoms with van der Waals surface area (Å²) in [5, 5.41) is 13.4. The number of aliphatic hydroxyl groups is 1. The van der Waals surface area contributed by atoms with Crippen LogP contribution in [0.1, 0.15) is 27.0 Å². The molecule has 1 aliphatic rings. The van der Waals surface area contributed by atoms with Gasteiger partial charge in [0, 0.05) is 0 Å². The number of nitrogens with two attached hydrogens (primary N) is 2. The number of carbonyl (C=O) groups is 1. The maximum Gasteiger partial charge on any atom is 0.459 e. The van der Waals surface area contributed by atoms with Crippen LogP contribution in [0.2, 0.25) is 0 Å². The summed E-state index contributed by atoms with van der Waals surface area (Å²) < 4.78 is 37.6. The topological polar surface area (TPSA) is 199 Å². The SMILES string of the molecule is CC(C)OC(=O)C(C)NP(=O)(OCC1OC(n2cnc3c(N)ncnc32)C(N)C1O)Oc1ccccc1. The Morgan fingerprint density at radius 3 is 2.68 bits per heavy atom. The number of nitrogens with one attached hydrogen (secondary N) is 1. The van der Waals surface area contributed by atoms with Gasteiger partial charge in [-0.3, -0.25) is 13.9 Å². The lowest BCUT2D eigenvalue weighted by Gasteiger charge is -2.25. The molecule has 6 atom stereocenters. The van der Waals surface area contributed by atoms with Gasteiger partial charge in [0.1, 0.15) is 35.8 Å². The van der Waals surface area contributed by atoms with E-state index in [1.54, 1.807) is 44.2 Å². The first-order chi connectivity index (χ1) is 17.6. The van der Waals surface area contributed by atoms with Gasteiger partial charge in [-0.2, -0.15) is 5.09 Å². The minimum atomic E-state index is -4.16. The molecular formula is C22H30N7O7P. The van der Waals surface area contributed by atoms with E-state index in [1.807, 2.05) is 0 Å². The molecule has 3 aromatic rings. The number of nitrogens with zero attached hydrogens (tertiary/aromatic N) is 4. The lowest BCUT2D eigenvalue weighted by atomic mass is 10.1. The smallest absolute Gasteiger partial charge is 0.459 e. The van der Waals surface area contributed by atoms with Gasteiger partial charge in [0.15, 0.2) is 17.7 Å². The molecule has 1 fully saturated rings. The van der Waals surface area contributed by atoms with E-state index in [0.717, 1.165) is 0 Å². The Morgan fingerprint density at radius 1 is 1.24 bits per heavy atom. The second kappa shape index (κ2) is 11.1. The monoisotopic (exact) mass is 535 g/mol. The van der Waals surface area contributed by atoms with Gasteiger partial charge in [-0.05, 0) is 32.9 Å². The van der Waals surface area contributed by atoms with Crippen LogP contribution >= 0.6 is 7.75 Å². The number of ether oxygens (including phenoxy) is 2. The Labute approximate surface area is 212 Å². The van der Waals surface area contributed by atoms with Gasteiger partial charge < -0.3 is 30.6 Å². The molecular weight excluding hydrogens is 505 g/mol. The average Bonchev–Trinajstić information content (AvgIpc) is 3.40. The second-order valence-corrected chi connectivity index (χ2v) is 10.4. The van der Waals surface area contributed by atoms with Gasteiger partial charge in [-0.1, -0.05) is 18.2 Å². The predicted octanol–water partition coefficient (Wildman–Crippen LogP) is 1.13. The van der Waals surface area contributed by atoms with Crippen molar-refractivity contribution in [2.75, 3.05) is 12.3 Å². The number of rotatable bonds is 10. The number of aliphatic hydroxyl groups excluding tert-OH is 1. The van der Waals surface area contributed by atoms with Gasteiger partial charge in [0.05, 0.1) is 25.1 Å². The van der Waals surface area contributed by atoms with Crippen molar-refractivity contribution in [1.29, 1.82) is 0 Å². The summed E-state index contributed by atoms with van der Waals surface area (Å²) in [4.78, 5) is 24.6. The zero-order chi connectivity index (χ0) is 26.7. The van der Waals surface area contributed by atoms with E-state index in [1.165, 1.54) is 24.1 Å². The molecule has 6 N–H and O–H groups in total. The molecule has 15 heteroatoms. The van der Waals surface area contributed by atoms with Crippen LogP contribution in [0.15, 0.2) is 43.0 Å². The maximum absolute atomic E-state index is 13.7. The third-order valence-corrected chi connectivity index (χ3v) is 7.16. The van der Waals surface area contributed by atoms with Crippen molar-refractivity contribution in [2.24, 2.45) is 5.73 Å². The van der Waals surface area contributed by atoms with Crippen LogP contribution in [0, 0.1) is 0 Å². The van der Waals surface area contributed by atoms with Crippen LogP contribution in [0.25, 0.3) is 11.2 Å². The van der Waals surface area contributed by atoms with Crippen molar-refractivity contribution < 1.29 is 33.0 Å². The molecule has 0 saturated carbocycles.